The Morgan fingerprint density at radius 2 is 0.561 bits per heavy atom. The van der Waals surface area contributed by atoms with Crippen molar-refractivity contribution in [2.75, 3.05) is 0 Å². The summed E-state index contributed by atoms with van der Waals surface area (Å²) in [5.41, 5.74) is 2.22. The minimum absolute atomic E-state index is 0. The van der Waals surface area contributed by atoms with Gasteiger partial charge in [-0.3, -0.25) is 0 Å². The van der Waals surface area contributed by atoms with E-state index in [0.717, 1.165) is 16.7 Å². The first-order valence-corrected chi connectivity index (χ1v) is 12.4. The Morgan fingerprint density at radius 3 is 0.780 bits per heavy atom. The van der Waals surface area contributed by atoms with Crippen LogP contribution in [0.1, 0.15) is 34.4 Å². The van der Waals surface area contributed by atoms with Gasteiger partial charge >= 0.3 is 0 Å². The predicted octanol–water partition coefficient (Wildman–Crippen LogP) is 6.92. The van der Waals surface area contributed by atoms with Crippen LogP contribution in [-0.4, -0.2) is 30.6 Å². The summed E-state index contributed by atoms with van der Waals surface area (Å²) in [6.45, 7) is 0. The topological polar surface area (TPSA) is 121 Å². The number of allylic oxidation sites excluding steroid dienone is 12. The Labute approximate surface area is 260 Å². The Balaban J connectivity index is 0.000000210. The molecule has 0 aromatic heterocycles. The molecule has 0 heterocycles. The largest absolute Gasteiger partial charge is 0.504 e. The Bertz CT molecular complexity index is 1290. The predicted molar refractivity (Wildman–Crippen MR) is 152 cm³/mol. The van der Waals surface area contributed by atoms with Crippen LogP contribution < -0.4 is 0 Å². The van der Waals surface area contributed by atoms with Crippen molar-refractivity contribution in [3.8, 4) is 34.5 Å². The van der Waals surface area contributed by atoms with Crippen molar-refractivity contribution in [2.45, 2.75) is 17.8 Å². The van der Waals surface area contributed by atoms with Crippen molar-refractivity contribution in [2.24, 2.45) is 0 Å². The van der Waals surface area contributed by atoms with E-state index in [4.69, 9.17) is 0 Å². The maximum atomic E-state index is 9.54. The number of rotatable bonds is 3. The molecule has 210 valence electrons. The van der Waals surface area contributed by atoms with E-state index in [0.29, 0.717) is 0 Å². The minimum Gasteiger partial charge on any atom is -0.504 e. The number of para-hydroxylation sites is 3. The molecular formula is C33H30Cr2O6. The monoisotopic (exact) mass is 626 g/mol. The van der Waals surface area contributed by atoms with Gasteiger partial charge in [-0.25, -0.2) is 0 Å². The molecule has 0 bridgehead atoms. The minimum atomic E-state index is -0.0637. The number of hydrogen-bond acceptors (Lipinski definition) is 6. The fraction of sp³-hybridized carbons (Fsp3) is 0.0909. The molecule has 0 amide bonds. The second kappa shape index (κ2) is 15.7. The molecule has 3 aromatic rings. The van der Waals surface area contributed by atoms with Gasteiger partial charge in [0.2, 0.25) is 0 Å². The third-order valence-electron chi connectivity index (χ3n) is 6.46. The standard InChI is InChI=1S/3C11H10O2.2Cr/c3*12-10-7-3-6-9(11(10)13)8-4-1-2-5-8;;/h3*1-8,12-13H;;. The van der Waals surface area contributed by atoms with E-state index < -0.39 is 0 Å². The van der Waals surface area contributed by atoms with Gasteiger partial charge in [-0.15, -0.1) is 0 Å². The maximum absolute atomic E-state index is 9.54. The van der Waals surface area contributed by atoms with Crippen LogP contribution in [0.15, 0.2) is 128 Å². The summed E-state index contributed by atoms with van der Waals surface area (Å²) < 4.78 is 0. The first-order chi connectivity index (χ1) is 18.9. The SMILES string of the molecule is Oc1cccc(C2C=CC=C2)c1O.Oc1cccc(C2C=CC=C2)c1O.Oc1cccc(C2C=CC=C2)c1O.[Cr].[Cr]. The smallest absolute Gasteiger partial charge is 0.161 e. The molecule has 3 aliphatic rings. The molecule has 0 saturated carbocycles. The molecule has 6 nitrogen and oxygen atoms in total. The molecule has 0 atom stereocenters. The third-order valence-corrected chi connectivity index (χ3v) is 6.46. The summed E-state index contributed by atoms with van der Waals surface area (Å²) in [7, 11) is 0. The molecule has 6 rings (SSSR count). The Morgan fingerprint density at radius 1 is 0.341 bits per heavy atom. The molecule has 0 aliphatic heterocycles. The van der Waals surface area contributed by atoms with Crippen LogP contribution in [0.3, 0.4) is 0 Å². The Kier molecular flexibility index (Phi) is 12.7. The maximum Gasteiger partial charge on any atom is 0.161 e. The summed E-state index contributed by atoms with van der Waals surface area (Å²) in [5.74, 6) is 0.00556. The van der Waals surface area contributed by atoms with Crippen molar-refractivity contribution in [3.05, 3.63) is 144 Å². The van der Waals surface area contributed by atoms with E-state index in [-0.39, 0.29) is 87.0 Å². The van der Waals surface area contributed by atoms with Crippen LogP contribution in [0.25, 0.3) is 0 Å². The van der Waals surface area contributed by atoms with Crippen LogP contribution in [0.4, 0.5) is 0 Å². The van der Waals surface area contributed by atoms with Gasteiger partial charge in [0.05, 0.1) is 0 Å². The molecule has 3 aromatic carbocycles. The van der Waals surface area contributed by atoms with Gasteiger partial charge in [0, 0.05) is 69.2 Å². The van der Waals surface area contributed by atoms with Gasteiger partial charge < -0.3 is 30.6 Å². The summed E-state index contributed by atoms with van der Waals surface area (Å²) in [5, 5.41) is 56.4. The zero-order chi connectivity index (χ0) is 27.8. The van der Waals surface area contributed by atoms with Crippen LogP contribution in [0, 0.1) is 0 Å². The molecule has 0 unspecified atom stereocenters. The second-order valence-corrected chi connectivity index (χ2v) is 9.03. The van der Waals surface area contributed by atoms with Crippen molar-refractivity contribution in [1.29, 1.82) is 0 Å². The molecule has 6 N–H and O–H groups in total. The molecule has 0 saturated heterocycles. The fourth-order valence-corrected chi connectivity index (χ4v) is 4.37. The Hall–Kier alpha value is -4.04. The molecule has 41 heavy (non-hydrogen) atoms. The van der Waals surface area contributed by atoms with Gasteiger partial charge in [0.1, 0.15) is 0 Å². The number of phenolic OH excluding ortho intramolecular Hbond substituents is 6. The van der Waals surface area contributed by atoms with Crippen LogP contribution in [-0.2, 0) is 34.7 Å². The summed E-state index contributed by atoms with van der Waals surface area (Å²) in [6, 6.07) is 15.0. The van der Waals surface area contributed by atoms with Gasteiger partial charge in [0.15, 0.2) is 34.5 Å². The van der Waals surface area contributed by atoms with E-state index in [2.05, 4.69) is 0 Å². The first-order valence-electron chi connectivity index (χ1n) is 12.4. The molecular weight excluding hydrogens is 596 g/mol. The summed E-state index contributed by atoms with van der Waals surface area (Å²) >= 11 is 0. The quantitative estimate of drug-likeness (QED) is 0.176. The van der Waals surface area contributed by atoms with E-state index in [9.17, 15) is 30.6 Å². The van der Waals surface area contributed by atoms with Gasteiger partial charge in [-0.2, -0.15) is 0 Å². The number of aromatic hydroxyl groups is 6. The zero-order valence-corrected chi connectivity index (χ0v) is 24.4. The average molecular weight is 627 g/mol. The third kappa shape index (κ3) is 8.24. The number of benzene rings is 3. The summed E-state index contributed by atoms with van der Waals surface area (Å²) in [6.07, 6.45) is 23.3. The number of hydrogen-bond donors (Lipinski definition) is 6. The average Bonchev–Trinajstić information content (AvgIpc) is 3.74. The normalized spacial score (nSPS) is 14.6. The first kappa shape index (κ1) is 33.2. The van der Waals surface area contributed by atoms with Crippen molar-refractivity contribution in [3.63, 3.8) is 0 Å². The number of phenols is 6. The molecule has 0 radical (unpaired) electrons. The fourth-order valence-electron chi connectivity index (χ4n) is 4.37. The molecule has 8 heteroatoms. The van der Waals surface area contributed by atoms with Gasteiger partial charge in [-0.1, -0.05) is 109 Å². The van der Waals surface area contributed by atoms with Gasteiger partial charge in [-0.05, 0) is 18.2 Å². The van der Waals surface area contributed by atoms with E-state index >= 15 is 0 Å². The molecule has 0 spiro atoms. The molecule has 0 fully saturated rings. The van der Waals surface area contributed by atoms with E-state index in [1.807, 2.05) is 72.9 Å². The van der Waals surface area contributed by atoms with Crippen molar-refractivity contribution < 1.29 is 65.4 Å². The van der Waals surface area contributed by atoms with Crippen LogP contribution in [0.5, 0.6) is 34.5 Å². The van der Waals surface area contributed by atoms with Crippen molar-refractivity contribution in [1.82, 2.24) is 0 Å². The molecule has 3 aliphatic carbocycles. The van der Waals surface area contributed by atoms with E-state index in [1.165, 1.54) is 18.2 Å². The zero-order valence-electron chi connectivity index (χ0n) is 21.9. The van der Waals surface area contributed by atoms with E-state index in [1.54, 1.807) is 36.4 Å². The van der Waals surface area contributed by atoms with Crippen LogP contribution >= 0.6 is 0 Å². The van der Waals surface area contributed by atoms with Crippen LogP contribution in [0.2, 0.25) is 0 Å². The van der Waals surface area contributed by atoms with Gasteiger partial charge in [0.25, 0.3) is 0 Å². The second-order valence-electron chi connectivity index (χ2n) is 9.03. The summed E-state index contributed by atoms with van der Waals surface area (Å²) in [4.78, 5) is 0. The van der Waals surface area contributed by atoms with Crippen molar-refractivity contribution >= 4 is 0 Å².